The fraction of sp³-hybridized carbons (Fsp3) is 0.538. The Morgan fingerprint density at radius 2 is 2.00 bits per heavy atom. The summed E-state index contributed by atoms with van der Waals surface area (Å²) in [5, 5.41) is 2.14. The summed E-state index contributed by atoms with van der Waals surface area (Å²) in [5.74, 6) is 0.0225. The lowest BCUT2D eigenvalue weighted by Gasteiger charge is -2.32. The van der Waals surface area contributed by atoms with Crippen molar-refractivity contribution in [3.63, 3.8) is 0 Å². The number of likely N-dealkylation sites (N-methyl/N-ethyl adjacent to an activating group) is 1. The third kappa shape index (κ3) is 3.19. The van der Waals surface area contributed by atoms with Crippen LogP contribution in [0.3, 0.4) is 0 Å². The molecule has 0 atom stereocenters. The van der Waals surface area contributed by atoms with Gasteiger partial charge in [0.1, 0.15) is 0 Å². The van der Waals surface area contributed by atoms with E-state index in [2.05, 4.69) is 22.4 Å². The predicted octanol–water partition coefficient (Wildman–Crippen LogP) is 1.09. The van der Waals surface area contributed by atoms with Gasteiger partial charge in [0.05, 0.1) is 7.11 Å². The molecule has 1 aromatic carbocycles. The van der Waals surface area contributed by atoms with Crippen molar-refractivity contribution in [3.8, 4) is 5.75 Å². The van der Waals surface area contributed by atoms with Crippen molar-refractivity contribution in [1.29, 1.82) is 0 Å². The second-order valence-electron chi connectivity index (χ2n) is 4.56. The van der Waals surface area contributed by atoms with E-state index in [0.29, 0.717) is 17.9 Å². The Kier molecular flexibility index (Phi) is 4.52. The van der Waals surface area contributed by atoms with Gasteiger partial charge in [-0.05, 0) is 13.1 Å². The maximum Gasteiger partial charge on any atom is 0.169 e. The molecule has 1 fully saturated rings. The monoisotopic (exact) mass is 253 g/mol. The van der Waals surface area contributed by atoms with Crippen LogP contribution >= 0.6 is 0 Å². The van der Waals surface area contributed by atoms with E-state index in [9.17, 15) is 4.39 Å². The maximum atomic E-state index is 13.9. The number of nitrogens with one attached hydrogen (secondary N) is 1. The normalized spacial score (nSPS) is 17.9. The van der Waals surface area contributed by atoms with Crippen molar-refractivity contribution in [2.75, 3.05) is 40.3 Å². The molecule has 1 aromatic rings. The van der Waals surface area contributed by atoms with Gasteiger partial charge in [0.15, 0.2) is 11.6 Å². The average molecular weight is 253 g/mol. The van der Waals surface area contributed by atoms with Crippen LogP contribution in [-0.4, -0.2) is 50.2 Å². The van der Waals surface area contributed by atoms with E-state index in [1.807, 2.05) is 6.07 Å². The fourth-order valence-electron chi connectivity index (χ4n) is 2.01. The Hall–Kier alpha value is -1.17. The van der Waals surface area contributed by atoms with E-state index in [-0.39, 0.29) is 5.82 Å². The van der Waals surface area contributed by atoms with Crippen molar-refractivity contribution in [3.05, 3.63) is 29.6 Å². The molecule has 0 amide bonds. The Balaban J connectivity index is 1.90. The van der Waals surface area contributed by atoms with Crippen molar-refractivity contribution >= 4 is 0 Å². The topological polar surface area (TPSA) is 27.7 Å². The van der Waals surface area contributed by atoms with Crippen LogP contribution in [-0.2, 0) is 6.54 Å². The van der Waals surface area contributed by atoms with Gasteiger partial charge in [-0.1, -0.05) is 12.1 Å². The third-order valence-electron chi connectivity index (χ3n) is 3.26. The van der Waals surface area contributed by atoms with Crippen LogP contribution in [0, 0.1) is 5.82 Å². The summed E-state index contributed by atoms with van der Waals surface area (Å²) in [6.45, 7) is 4.48. The van der Waals surface area contributed by atoms with E-state index in [4.69, 9.17) is 4.74 Å². The molecule has 0 spiro atoms. The predicted molar refractivity (Wildman–Crippen MR) is 68.9 cm³/mol. The molecular weight excluding hydrogens is 233 g/mol. The summed E-state index contributed by atoms with van der Waals surface area (Å²) in [6.07, 6.45) is 0. The molecule has 0 aromatic heterocycles. The number of hydrazine groups is 1. The van der Waals surface area contributed by atoms with E-state index >= 15 is 0 Å². The fourth-order valence-corrected chi connectivity index (χ4v) is 2.01. The summed E-state index contributed by atoms with van der Waals surface area (Å²) in [6, 6.07) is 5.22. The van der Waals surface area contributed by atoms with Crippen molar-refractivity contribution < 1.29 is 9.13 Å². The molecule has 1 aliphatic rings. The van der Waals surface area contributed by atoms with Crippen LogP contribution in [0.15, 0.2) is 18.2 Å². The number of hydrogen-bond donors (Lipinski definition) is 1. The standard InChI is InChI=1S/C13H20FN3O/c1-16-6-8-17(9-7-16)15-10-11-4-3-5-12(18-2)13(11)14/h3-5,15H,6-10H2,1-2H3. The summed E-state index contributed by atoms with van der Waals surface area (Å²) in [7, 11) is 3.59. The third-order valence-corrected chi connectivity index (χ3v) is 3.26. The van der Waals surface area contributed by atoms with Crippen LogP contribution in [0.4, 0.5) is 4.39 Å². The Bertz CT molecular complexity index is 392. The molecule has 1 saturated heterocycles. The summed E-state index contributed by atoms with van der Waals surface area (Å²) in [5.41, 5.74) is 3.89. The minimum absolute atomic E-state index is 0.276. The first kappa shape index (κ1) is 13.3. The molecule has 0 bridgehead atoms. The lowest BCUT2D eigenvalue weighted by atomic mass is 10.2. The Morgan fingerprint density at radius 3 is 2.67 bits per heavy atom. The van der Waals surface area contributed by atoms with E-state index < -0.39 is 0 Å². The number of piperazine rings is 1. The summed E-state index contributed by atoms with van der Waals surface area (Å²) in [4.78, 5) is 2.28. The number of methoxy groups -OCH3 is 1. The number of ether oxygens (including phenoxy) is 1. The van der Waals surface area contributed by atoms with Gasteiger partial charge < -0.3 is 9.64 Å². The van der Waals surface area contributed by atoms with Gasteiger partial charge in [-0.3, -0.25) is 5.43 Å². The van der Waals surface area contributed by atoms with Gasteiger partial charge in [-0.2, -0.15) is 0 Å². The highest BCUT2D eigenvalue weighted by Gasteiger charge is 2.14. The highest BCUT2D eigenvalue weighted by molar-refractivity contribution is 5.30. The number of nitrogens with zero attached hydrogens (tertiary/aromatic N) is 2. The highest BCUT2D eigenvalue weighted by Crippen LogP contribution is 2.19. The molecule has 100 valence electrons. The van der Waals surface area contributed by atoms with E-state index in [1.165, 1.54) is 7.11 Å². The molecule has 0 radical (unpaired) electrons. The Morgan fingerprint density at radius 1 is 1.28 bits per heavy atom. The minimum atomic E-state index is -0.276. The molecule has 18 heavy (non-hydrogen) atoms. The van der Waals surface area contributed by atoms with Gasteiger partial charge in [-0.15, -0.1) is 0 Å². The molecule has 1 heterocycles. The minimum Gasteiger partial charge on any atom is -0.494 e. The zero-order chi connectivity index (χ0) is 13.0. The SMILES string of the molecule is COc1cccc(CNN2CCN(C)CC2)c1F. The average Bonchev–Trinajstić information content (AvgIpc) is 2.39. The zero-order valence-electron chi connectivity index (χ0n) is 10.9. The van der Waals surface area contributed by atoms with Gasteiger partial charge in [0.2, 0.25) is 0 Å². The molecule has 4 nitrogen and oxygen atoms in total. The number of halogens is 1. The Labute approximate surface area is 107 Å². The quantitative estimate of drug-likeness (QED) is 0.869. The van der Waals surface area contributed by atoms with Crippen LogP contribution in [0.2, 0.25) is 0 Å². The summed E-state index contributed by atoms with van der Waals surface area (Å²) < 4.78 is 18.9. The van der Waals surface area contributed by atoms with E-state index in [1.54, 1.807) is 12.1 Å². The first-order valence-corrected chi connectivity index (χ1v) is 6.19. The van der Waals surface area contributed by atoms with Crippen LogP contribution in [0.25, 0.3) is 0 Å². The lowest BCUT2D eigenvalue weighted by molar-refractivity contribution is 0.101. The first-order valence-electron chi connectivity index (χ1n) is 6.19. The molecule has 0 aliphatic carbocycles. The largest absolute Gasteiger partial charge is 0.494 e. The molecule has 1 N–H and O–H groups in total. The molecule has 5 heteroatoms. The second-order valence-corrected chi connectivity index (χ2v) is 4.56. The molecular formula is C13H20FN3O. The van der Waals surface area contributed by atoms with Crippen molar-refractivity contribution in [2.24, 2.45) is 0 Å². The van der Waals surface area contributed by atoms with Gasteiger partial charge in [0, 0.05) is 38.3 Å². The van der Waals surface area contributed by atoms with Crippen LogP contribution in [0.1, 0.15) is 5.56 Å². The van der Waals surface area contributed by atoms with Gasteiger partial charge in [-0.25, -0.2) is 9.40 Å². The van der Waals surface area contributed by atoms with Crippen LogP contribution < -0.4 is 10.2 Å². The van der Waals surface area contributed by atoms with Gasteiger partial charge >= 0.3 is 0 Å². The molecule has 0 saturated carbocycles. The molecule has 1 aliphatic heterocycles. The highest BCUT2D eigenvalue weighted by atomic mass is 19.1. The number of rotatable bonds is 4. The smallest absolute Gasteiger partial charge is 0.169 e. The van der Waals surface area contributed by atoms with Crippen molar-refractivity contribution in [2.45, 2.75) is 6.54 Å². The van der Waals surface area contributed by atoms with E-state index in [0.717, 1.165) is 26.2 Å². The van der Waals surface area contributed by atoms with Crippen molar-refractivity contribution in [1.82, 2.24) is 15.3 Å². The number of hydrogen-bond acceptors (Lipinski definition) is 4. The maximum absolute atomic E-state index is 13.9. The molecule has 0 unspecified atom stereocenters. The van der Waals surface area contributed by atoms with Gasteiger partial charge in [0.25, 0.3) is 0 Å². The lowest BCUT2D eigenvalue weighted by Crippen LogP contribution is -2.50. The number of benzene rings is 1. The van der Waals surface area contributed by atoms with Crippen LogP contribution in [0.5, 0.6) is 5.75 Å². The second kappa shape index (κ2) is 6.13. The summed E-state index contributed by atoms with van der Waals surface area (Å²) >= 11 is 0. The first-order chi connectivity index (χ1) is 8.70. The zero-order valence-corrected chi connectivity index (χ0v) is 10.9. The molecule has 2 rings (SSSR count).